The number of carbonyl (C=O) groups excluding carboxylic acids is 1. The topological polar surface area (TPSA) is 88.9 Å². The molecule has 12 heteroatoms. The van der Waals surface area contributed by atoms with Crippen LogP contribution in [0.25, 0.3) is 5.69 Å². The van der Waals surface area contributed by atoms with Crippen molar-refractivity contribution in [2.24, 2.45) is 0 Å². The number of pyridine rings is 1. The largest absolute Gasteiger partial charge is 0.487 e. The lowest BCUT2D eigenvalue weighted by Crippen LogP contribution is -2.36. The van der Waals surface area contributed by atoms with Gasteiger partial charge in [0, 0.05) is 30.3 Å². The molecule has 1 aliphatic heterocycles. The zero-order valence-corrected chi connectivity index (χ0v) is 20.5. The first-order valence-electron chi connectivity index (χ1n) is 10.3. The smallest absolute Gasteiger partial charge is 0.277 e. The van der Waals surface area contributed by atoms with E-state index in [2.05, 4.69) is 0 Å². The molecular weight excluding hydrogens is 504 g/mol. The van der Waals surface area contributed by atoms with Gasteiger partial charge in [0.25, 0.3) is 5.56 Å². The Labute approximate surface area is 205 Å². The first kappa shape index (κ1) is 24.7. The van der Waals surface area contributed by atoms with Gasteiger partial charge in [-0.1, -0.05) is 11.6 Å². The second-order valence-electron chi connectivity index (χ2n) is 8.00. The minimum atomic E-state index is -3.70. The van der Waals surface area contributed by atoms with E-state index >= 15 is 0 Å². The summed E-state index contributed by atoms with van der Waals surface area (Å²) in [6, 6.07) is 9.14. The van der Waals surface area contributed by atoms with Crippen molar-refractivity contribution in [1.29, 1.82) is 0 Å². The molecule has 0 saturated carbocycles. The fourth-order valence-corrected chi connectivity index (χ4v) is 4.84. The number of sulfonamides is 1. The molecule has 0 unspecified atom stereocenters. The Kier molecular flexibility index (Phi) is 6.32. The van der Waals surface area contributed by atoms with Crippen molar-refractivity contribution >= 4 is 38.9 Å². The van der Waals surface area contributed by atoms with Crippen LogP contribution in [0.2, 0.25) is 5.02 Å². The summed E-state index contributed by atoms with van der Waals surface area (Å²) in [5.41, 5.74) is 0.802. The molecule has 0 aliphatic carbocycles. The number of nitrogens with zero attached hydrogens (tertiary/aromatic N) is 3. The van der Waals surface area contributed by atoms with Gasteiger partial charge in [0.2, 0.25) is 15.9 Å². The summed E-state index contributed by atoms with van der Waals surface area (Å²) >= 11 is 6.26. The fraction of sp³-hybridized carbons (Fsp3) is 0.217. The van der Waals surface area contributed by atoms with E-state index < -0.39 is 27.2 Å². The van der Waals surface area contributed by atoms with Crippen LogP contribution in [0, 0.1) is 18.6 Å². The first-order valence-corrected chi connectivity index (χ1v) is 12.5. The van der Waals surface area contributed by atoms with E-state index in [4.69, 9.17) is 16.3 Å². The first-order chi connectivity index (χ1) is 16.4. The number of rotatable bonds is 5. The summed E-state index contributed by atoms with van der Waals surface area (Å²) in [5.74, 6) is -1.84. The van der Waals surface area contributed by atoms with Crippen molar-refractivity contribution in [3.05, 3.63) is 80.7 Å². The van der Waals surface area contributed by atoms with Crippen LogP contribution in [0.15, 0.2) is 47.3 Å². The predicted molar refractivity (Wildman–Crippen MR) is 128 cm³/mol. The van der Waals surface area contributed by atoms with E-state index in [0.717, 1.165) is 22.7 Å². The molecule has 35 heavy (non-hydrogen) atoms. The van der Waals surface area contributed by atoms with Crippen molar-refractivity contribution in [2.45, 2.75) is 20.5 Å². The summed E-state index contributed by atoms with van der Waals surface area (Å²) in [7, 11) is -3.70. The minimum Gasteiger partial charge on any atom is -0.487 e. The van der Waals surface area contributed by atoms with Crippen LogP contribution in [0.5, 0.6) is 5.75 Å². The van der Waals surface area contributed by atoms with Gasteiger partial charge in [-0.05, 0) is 37.3 Å². The zero-order chi connectivity index (χ0) is 25.7. The SMILES string of the molecule is CC(=O)N1CN(S(C)(=O)=O)c2cc(-n3c(C)cc(OCc4ccc(F)cc4F)c(Cl)c3=O)ccc21. The lowest BCUT2D eigenvalue weighted by Gasteiger charge is -2.18. The molecule has 2 heterocycles. The highest BCUT2D eigenvalue weighted by Crippen LogP contribution is 2.39. The molecule has 0 fully saturated rings. The van der Waals surface area contributed by atoms with Crippen molar-refractivity contribution in [1.82, 2.24) is 4.57 Å². The standard InChI is InChI=1S/C23H20ClF2N3O5S/c1-13-8-21(34-11-15-4-5-16(25)9-18(15)26)22(24)23(31)29(13)17-6-7-19-20(10-17)28(35(3,32)33)12-27(19)14(2)30/h4-10H,11-12H2,1-3H3. The maximum atomic E-state index is 13.9. The highest BCUT2D eigenvalue weighted by molar-refractivity contribution is 7.92. The average Bonchev–Trinajstić information content (AvgIpc) is 3.16. The molecule has 3 aromatic rings. The van der Waals surface area contributed by atoms with Crippen LogP contribution in [-0.2, 0) is 21.4 Å². The summed E-state index contributed by atoms with van der Waals surface area (Å²) < 4.78 is 59.5. The number of carbonyl (C=O) groups is 1. The van der Waals surface area contributed by atoms with Crippen molar-refractivity contribution in [3.8, 4) is 11.4 Å². The predicted octanol–water partition coefficient (Wildman–Crippen LogP) is 3.75. The lowest BCUT2D eigenvalue weighted by atomic mass is 10.2. The van der Waals surface area contributed by atoms with Crippen molar-refractivity contribution < 1.29 is 26.7 Å². The number of ether oxygens (including phenoxy) is 1. The highest BCUT2D eigenvalue weighted by Gasteiger charge is 2.34. The maximum absolute atomic E-state index is 13.9. The van der Waals surface area contributed by atoms with Crippen LogP contribution in [0.4, 0.5) is 20.2 Å². The van der Waals surface area contributed by atoms with Gasteiger partial charge in [-0.15, -0.1) is 0 Å². The summed E-state index contributed by atoms with van der Waals surface area (Å²) in [5, 5.41) is -0.274. The number of benzene rings is 2. The van der Waals surface area contributed by atoms with Gasteiger partial charge in [0.15, 0.2) is 0 Å². The summed E-state index contributed by atoms with van der Waals surface area (Å²) in [6.45, 7) is 2.49. The molecule has 0 spiro atoms. The van der Waals surface area contributed by atoms with Crippen LogP contribution in [-0.4, -0.2) is 31.8 Å². The summed E-state index contributed by atoms with van der Waals surface area (Å²) in [4.78, 5) is 26.4. The quantitative estimate of drug-likeness (QED) is 0.508. The molecule has 1 amide bonds. The molecule has 184 valence electrons. The second kappa shape index (κ2) is 8.97. The van der Waals surface area contributed by atoms with E-state index in [-0.39, 0.29) is 41.2 Å². The third-order valence-electron chi connectivity index (χ3n) is 5.53. The van der Waals surface area contributed by atoms with Gasteiger partial charge >= 0.3 is 0 Å². The number of hydrogen-bond acceptors (Lipinski definition) is 5. The van der Waals surface area contributed by atoms with Crippen LogP contribution >= 0.6 is 11.6 Å². The maximum Gasteiger partial charge on any atom is 0.277 e. The van der Waals surface area contributed by atoms with Crippen LogP contribution in [0.3, 0.4) is 0 Å². The van der Waals surface area contributed by atoms with E-state index in [1.165, 1.54) is 34.6 Å². The van der Waals surface area contributed by atoms with Crippen molar-refractivity contribution in [2.75, 3.05) is 22.1 Å². The van der Waals surface area contributed by atoms with Gasteiger partial charge in [-0.25, -0.2) is 21.5 Å². The molecule has 0 N–H and O–H groups in total. The Morgan fingerprint density at radius 1 is 1.11 bits per heavy atom. The molecule has 4 rings (SSSR count). The number of fused-ring (bicyclic) bond motifs is 1. The number of hydrogen-bond donors (Lipinski definition) is 0. The number of anilines is 2. The normalized spacial score (nSPS) is 13.2. The van der Waals surface area contributed by atoms with Crippen molar-refractivity contribution in [3.63, 3.8) is 0 Å². The van der Waals surface area contributed by atoms with Crippen LogP contribution in [0.1, 0.15) is 18.2 Å². The zero-order valence-electron chi connectivity index (χ0n) is 18.9. The van der Waals surface area contributed by atoms with E-state index in [1.54, 1.807) is 19.1 Å². The third kappa shape index (κ3) is 4.61. The average molecular weight is 524 g/mol. The molecule has 0 atom stereocenters. The fourth-order valence-electron chi connectivity index (χ4n) is 3.81. The van der Waals surface area contributed by atoms with Gasteiger partial charge in [-0.2, -0.15) is 0 Å². The Morgan fingerprint density at radius 3 is 2.46 bits per heavy atom. The van der Waals surface area contributed by atoms with Crippen LogP contribution < -0.4 is 19.5 Å². The van der Waals surface area contributed by atoms with E-state index in [0.29, 0.717) is 17.1 Å². The number of halogens is 3. The molecule has 1 aliphatic rings. The molecule has 8 nitrogen and oxygen atoms in total. The Bertz CT molecular complexity index is 1520. The number of aryl methyl sites for hydroxylation is 1. The molecular formula is C23H20ClF2N3O5S. The monoisotopic (exact) mass is 523 g/mol. The molecule has 0 radical (unpaired) electrons. The summed E-state index contributed by atoms with van der Waals surface area (Å²) in [6.07, 6.45) is 1.03. The van der Waals surface area contributed by atoms with Gasteiger partial charge in [-0.3, -0.25) is 19.1 Å². The van der Waals surface area contributed by atoms with Gasteiger partial charge in [0.05, 0.1) is 23.3 Å². The molecule has 0 saturated heterocycles. The van der Waals surface area contributed by atoms with Gasteiger partial charge in [0.1, 0.15) is 35.7 Å². The number of amides is 1. The molecule has 0 bridgehead atoms. The highest BCUT2D eigenvalue weighted by atomic mass is 35.5. The third-order valence-corrected chi connectivity index (χ3v) is 6.99. The Morgan fingerprint density at radius 2 is 1.83 bits per heavy atom. The second-order valence-corrected chi connectivity index (χ2v) is 10.3. The molecule has 1 aromatic heterocycles. The lowest BCUT2D eigenvalue weighted by molar-refractivity contribution is -0.116. The Balaban J connectivity index is 1.73. The van der Waals surface area contributed by atoms with E-state index in [1.807, 2.05) is 0 Å². The Hall–Kier alpha value is -3.44. The number of aromatic nitrogens is 1. The minimum absolute atomic E-state index is 0.0100. The molecule has 2 aromatic carbocycles. The van der Waals surface area contributed by atoms with E-state index in [9.17, 15) is 26.8 Å². The van der Waals surface area contributed by atoms with Gasteiger partial charge < -0.3 is 4.74 Å².